The van der Waals surface area contributed by atoms with Crippen LogP contribution in [0.2, 0.25) is 0 Å². The van der Waals surface area contributed by atoms with Gasteiger partial charge in [-0.3, -0.25) is 9.47 Å². The Bertz CT molecular complexity index is 1410. The fourth-order valence-electron chi connectivity index (χ4n) is 5.88. The zero-order valence-electron chi connectivity index (χ0n) is 26.5. The molecule has 2 heterocycles. The summed E-state index contributed by atoms with van der Waals surface area (Å²) in [5, 5.41) is 9.05. The van der Waals surface area contributed by atoms with Crippen molar-refractivity contribution in [2.45, 2.75) is 39.5 Å². The van der Waals surface area contributed by atoms with Gasteiger partial charge in [0.25, 0.3) is 0 Å². The van der Waals surface area contributed by atoms with Crippen molar-refractivity contribution in [3.05, 3.63) is 84.2 Å². The molecule has 1 aliphatic heterocycles. The molecule has 0 spiro atoms. The minimum atomic E-state index is 0.599. The zero-order valence-corrected chi connectivity index (χ0v) is 26.5. The Balaban J connectivity index is 1.10. The van der Waals surface area contributed by atoms with Crippen LogP contribution in [0.15, 0.2) is 72.8 Å². The molecule has 1 fully saturated rings. The Morgan fingerprint density at radius 1 is 0.659 bits per heavy atom. The number of unbranched alkanes of at least 4 members (excludes halogenated alkanes) is 3. The number of benzene rings is 3. The average molecular weight is 597 g/mol. The number of aromatic nitrogens is 3. The van der Waals surface area contributed by atoms with Crippen LogP contribution in [-0.2, 0) is 4.74 Å². The second-order valence-corrected chi connectivity index (χ2v) is 11.6. The lowest BCUT2D eigenvalue weighted by molar-refractivity contribution is 0.0781. The van der Waals surface area contributed by atoms with Gasteiger partial charge in [-0.1, -0.05) is 79.6 Å². The van der Waals surface area contributed by atoms with Gasteiger partial charge < -0.3 is 20.1 Å². The number of nitrogens with zero attached hydrogens (tertiary/aromatic N) is 5. The van der Waals surface area contributed by atoms with E-state index in [1.165, 1.54) is 36.9 Å². The molecule has 2 N–H and O–H groups in total. The molecule has 0 unspecified atom stereocenters. The molecule has 1 aliphatic rings. The van der Waals surface area contributed by atoms with E-state index in [4.69, 9.17) is 15.2 Å². The van der Waals surface area contributed by atoms with Crippen molar-refractivity contribution in [1.29, 1.82) is 0 Å². The third kappa shape index (κ3) is 8.54. The number of aryl methyl sites for hydroxylation is 2. The van der Waals surface area contributed by atoms with Crippen molar-refractivity contribution < 1.29 is 9.47 Å². The van der Waals surface area contributed by atoms with Crippen molar-refractivity contribution in [3.63, 3.8) is 0 Å². The standard InChI is InChI=1S/C36H48N6O2/c1-29-11-10-14-34(44-26-9-4-3-8-20-40-21-23-41(24-22-40)25-28-43-27-19-37)35(29)42-30(2)38-39-36(42)33-17-15-32(16-18-33)31-12-6-5-7-13-31/h5-7,10-18H,3-4,8-9,19-28,37H2,1-2H3. The topological polar surface area (TPSA) is 81.7 Å². The Kier molecular flexibility index (Phi) is 11.9. The Morgan fingerprint density at radius 2 is 1.34 bits per heavy atom. The molecule has 0 amide bonds. The van der Waals surface area contributed by atoms with Gasteiger partial charge in [0.2, 0.25) is 0 Å². The van der Waals surface area contributed by atoms with Crippen LogP contribution < -0.4 is 10.5 Å². The third-order valence-corrected chi connectivity index (χ3v) is 8.40. The first-order valence-corrected chi connectivity index (χ1v) is 16.2. The third-order valence-electron chi connectivity index (χ3n) is 8.40. The van der Waals surface area contributed by atoms with E-state index in [2.05, 4.69) is 98.2 Å². The van der Waals surface area contributed by atoms with E-state index < -0.39 is 0 Å². The van der Waals surface area contributed by atoms with Gasteiger partial charge in [0.15, 0.2) is 5.82 Å². The van der Waals surface area contributed by atoms with Crippen LogP contribution in [0.4, 0.5) is 0 Å². The van der Waals surface area contributed by atoms with Gasteiger partial charge in [0.05, 0.1) is 25.5 Å². The lowest BCUT2D eigenvalue weighted by Gasteiger charge is -2.34. The van der Waals surface area contributed by atoms with Crippen molar-refractivity contribution in [2.75, 3.05) is 65.6 Å². The van der Waals surface area contributed by atoms with E-state index in [-0.39, 0.29) is 0 Å². The highest BCUT2D eigenvalue weighted by Crippen LogP contribution is 2.33. The Labute approximate surface area is 262 Å². The van der Waals surface area contributed by atoms with E-state index in [0.29, 0.717) is 19.8 Å². The summed E-state index contributed by atoms with van der Waals surface area (Å²) in [7, 11) is 0. The molecule has 0 atom stereocenters. The number of rotatable bonds is 16. The summed E-state index contributed by atoms with van der Waals surface area (Å²) in [6.07, 6.45) is 4.68. The van der Waals surface area contributed by atoms with E-state index in [9.17, 15) is 0 Å². The quantitative estimate of drug-likeness (QED) is 0.165. The normalized spacial score (nSPS) is 14.2. The van der Waals surface area contributed by atoms with E-state index >= 15 is 0 Å². The smallest absolute Gasteiger partial charge is 0.168 e. The molecule has 234 valence electrons. The number of hydrogen-bond donors (Lipinski definition) is 1. The molecule has 0 saturated carbocycles. The van der Waals surface area contributed by atoms with Crippen molar-refractivity contribution in [2.24, 2.45) is 5.73 Å². The van der Waals surface area contributed by atoms with Crippen molar-refractivity contribution in [1.82, 2.24) is 24.6 Å². The summed E-state index contributed by atoms with van der Waals surface area (Å²) in [5.41, 5.74) is 11.1. The van der Waals surface area contributed by atoms with Crippen molar-refractivity contribution >= 4 is 0 Å². The molecule has 8 nitrogen and oxygen atoms in total. The molecule has 44 heavy (non-hydrogen) atoms. The minimum absolute atomic E-state index is 0.599. The van der Waals surface area contributed by atoms with Crippen LogP contribution in [0, 0.1) is 13.8 Å². The monoisotopic (exact) mass is 596 g/mol. The fourth-order valence-corrected chi connectivity index (χ4v) is 5.88. The second-order valence-electron chi connectivity index (χ2n) is 11.6. The Morgan fingerprint density at radius 3 is 2.09 bits per heavy atom. The molecule has 1 saturated heterocycles. The summed E-state index contributed by atoms with van der Waals surface area (Å²) < 4.78 is 14.1. The van der Waals surface area contributed by atoms with Crippen LogP contribution in [0.3, 0.4) is 0 Å². The summed E-state index contributed by atoms with van der Waals surface area (Å²) in [4.78, 5) is 5.09. The molecule has 3 aromatic carbocycles. The molecular formula is C36H48N6O2. The van der Waals surface area contributed by atoms with Gasteiger partial charge >= 0.3 is 0 Å². The molecule has 1 aromatic heterocycles. The van der Waals surface area contributed by atoms with Crippen LogP contribution in [0.5, 0.6) is 5.75 Å². The summed E-state index contributed by atoms with van der Waals surface area (Å²) >= 11 is 0. The number of ether oxygens (including phenoxy) is 2. The van der Waals surface area contributed by atoms with Gasteiger partial charge in [-0.25, -0.2) is 0 Å². The predicted octanol–water partition coefficient (Wildman–Crippen LogP) is 5.75. The molecule has 0 bridgehead atoms. The first kappa shape index (κ1) is 31.9. The second kappa shape index (κ2) is 16.5. The maximum atomic E-state index is 6.41. The molecule has 0 radical (unpaired) electrons. The lowest BCUT2D eigenvalue weighted by Crippen LogP contribution is -2.47. The van der Waals surface area contributed by atoms with Crippen LogP contribution in [0.1, 0.15) is 37.1 Å². The highest BCUT2D eigenvalue weighted by atomic mass is 16.5. The zero-order chi connectivity index (χ0) is 30.6. The fraction of sp³-hybridized carbons (Fsp3) is 0.444. The van der Waals surface area contributed by atoms with E-state index in [0.717, 1.165) is 80.0 Å². The van der Waals surface area contributed by atoms with Gasteiger partial charge in [-0.15, -0.1) is 10.2 Å². The summed E-state index contributed by atoms with van der Waals surface area (Å²) in [6, 6.07) is 25.2. The largest absolute Gasteiger partial charge is 0.491 e. The number of piperazine rings is 1. The van der Waals surface area contributed by atoms with Gasteiger partial charge in [0, 0.05) is 44.8 Å². The lowest BCUT2D eigenvalue weighted by atomic mass is 10.0. The maximum Gasteiger partial charge on any atom is 0.168 e. The van der Waals surface area contributed by atoms with Gasteiger partial charge in [-0.2, -0.15) is 0 Å². The first-order valence-electron chi connectivity index (χ1n) is 16.2. The van der Waals surface area contributed by atoms with Crippen molar-refractivity contribution in [3.8, 4) is 34.0 Å². The predicted molar refractivity (Wildman–Crippen MR) is 178 cm³/mol. The molecule has 8 heteroatoms. The molecule has 5 rings (SSSR count). The number of para-hydroxylation sites is 1. The van der Waals surface area contributed by atoms with Crippen LogP contribution in [0.25, 0.3) is 28.2 Å². The van der Waals surface area contributed by atoms with E-state index in [1.807, 2.05) is 13.0 Å². The molecule has 0 aliphatic carbocycles. The van der Waals surface area contributed by atoms with Gasteiger partial charge in [0.1, 0.15) is 11.6 Å². The minimum Gasteiger partial charge on any atom is -0.491 e. The van der Waals surface area contributed by atoms with E-state index in [1.54, 1.807) is 0 Å². The Hall–Kier alpha value is -3.56. The highest BCUT2D eigenvalue weighted by Gasteiger charge is 2.19. The SMILES string of the molecule is Cc1cccc(OCCCCCCN2CCN(CCOCCN)CC2)c1-n1c(C)nnc1-c1ccc(-c2ccccc2)cc1. The average Bonchev–Trinajstić information content (AvgIpc) is 3.44. The van der Waals surface area contributed by atoms with Crippen LogP contribution >= 0.6 is 0 Å². The van der Waals surface area contributed by atoms with Gasteiger partial charge in [-0.05, 0) is 56.0 Å². The number of nitrogens with two attached hydrogens (primary N) is 1. The molecule has 4 aromatic rings. The highest BCUT2D eigenvalue weighted by molar-refractivity contribution is 5.69. The molecular weight excluding hydrogens is 548 g/mol. The first-order chi connectivity index (χ1) is 21.6. The number of hydrogen-bond acceptors (Lipinski definition) is 7. The maximum absolute atomic E-state index is 6.41. The summed E-state index contributed by atoms with van der Waals surface area (Å²) in [5.74, 6) is 2.54. The van der Waals surface area contributed by atoms with Crippen LogP contribution in [-0.4, -0.2) is 90.2 Å². The summed E-state index contributed by atoms with van der Waals surface area (Å²) in [6.45, 7) is 13.6.